The maximum Gasteiger partial charge on any atom is 0.220 e. The summed E-state index contributed by atoms with van der Waals surface area (Å²) in [6.07, 6.45) is 75.1. The Hall–Kier alpha value is -2.83. The van der Waals surface area contributed by atoms with Gasteiger partial charge in [0.15, 0.2) is 12.6 Å². The molecule has 0 aromatic carbocycles. The second-order valence-electron chi connectivity index (χ2n) is 27.8. The van der Waals surface area contributed by atoms with E-state index in [0.717, 1.165) is 83.5 Å². The normalized spacial score (nSPS) is 22.7. The monoisotopic (exact) mass is 1350 g/mol. The van der Waals surface area contributed by atoms with Crippen molar-refractivity contribution in [3.05, 3.63) is 85.1 Å². The van der Waals surface area contributed by atoms with E-state index in [4.69, 9.17) is 18.9 Å². The van der Waals surface area contributed by atoms with Gasteiger partial charge >= 0.3 is 0 Å². The van der Waals surface area contributed by atoms with Crippen LogP contribution < -0.4 is 5.32 Å². The van der Waals surface area contributed by atoms with Crippen LogP contribution in [0.2, 0.25) is 0 Å². The fraction of sp³-hybridized carbons (Fsp3) is 0.817. The third-order valence-electron chi connectivity index (χ3n) is 19.1. The van der Waals surface area contributed by atoms with Crippen LogP contribution in [0.3, 0.4) is 0 Å². The quantitative estimate of drug-likeness (QED) is 0.0204. The summed E-state index contributed by atoms with van der Waals surface area (Å²) in [5, 5.41) is 87.7. The predicted octanol–water partition coefficient (Wildman–Crippen LogP) is 17.9. The van der Waals surface area contributed by atoms with Gasteiger partial charge in [-0.1, -0.05) is 343 Å². The van der Waals surface area contributed by atoms with Crippen LogP contribution >= 0.6 is 0 Å². The standard InChI is InChI=1S/C82H147NO13/c1-3-5-7-9-11-13-15-17-19-21-23-25-27-29-31-33-35-37-39-41-43-45-47-49-51-53-55-57-59-61-63-65-71(86)70(69-93-81-79(92)77(90)80(73(68-85)95-81)96-82-78(91)76(89)75(88)72(67-84)94-82)83-74(87)66-64-62-60-58-56-54-52-50-48-46-44-42-40-38-36-34-32-30-28-26-24-22-20-18-16-14-12-10-8-6-4-2/h6,8,12,14,18,20,24,26,30,32,36,38,63,65,70-73,75-82,84-86,88-92H,3-5,7,9-11,13,15-17,19,21-23,25,27-29,31,33-35,37,39-62,64,66-69H2,1-2H3,(H,83,87)/b8-6-,14-12-,20-18-,26-24-,32-30-,38-36-,65-63+. The zero-order valence-corrected chi connectivity index (χ0v) is 61.1. The van der Waals surface area contributed by atoms with Gasteiger partial charge in [0.05, 0.1) is 32.0 Å². The first-order valence-electron chi connectivity index (χ1n) is 39.8. The molecule has 2 fully saturated rings. The van der Waals surface area contributed by atoms with Crippen molar-refractivity contribution in [2.45, 2.75) is 408 Å². The van der Waals surface area contributed by atoms with E-state index in [1.165, 1.54) is 225 Å². The summed E-state index contributed by atoms with van der Waals surface area (Å²) in [5.41, 5.74) is 0. The average Bonchev–Trinajstić information content (AvgIpc) is 0.797. The molecule has 12 unspecified atom stereocenters. The summed E-state index contributed by atoms with van der Waals surface area (Å²) in [7, 11) is 0. The van der Waals surface area contributed by atoms with Crippen molar-refractivity contribution in [1.82, 2.24) is 5.32 Å². The first-order valence-corrected chi connectivity index (χ1v) is 39.8. The summed E-state index contributed by atoms with van der Waals surface area (Å²) in [6, 6.07) is -0.923. The van der Waals surface area contributed by atoms with Crippen molar-refractivity contribution in [1.29, 1.82) is 0 Å². The minimum Gasteiger partial charge on any atom is -0.394 e. The molecule has 0 saturated carbocycles. The van der Waals surface area contributed by atoms with Crippen molar-refractivity contribution in [2.75, 3.05) is 19.8 Å². The zero-order chi connectivity index (χ0) is 69.4. The van der Waals surface area contributed by atoms with Crippen LogP contribution in [0.1, 0.15) is 335 Å². The number of nitrogens with one attached hydrogen (secondary N) is 1. The minimum absolute atomic E-state index is 0.240. The third-order valence-corrected chi connectivity index (χ3v) is 19.1. The molecule has 14 heteroatoms. The number of ether oxygens (including phenoxy) is 4. The van der Waals surface area contributed by atoms with Gasteiger partial charge in [0.2, 0.25) is 5.91 Å². The van der Waals surface area contributed by atoms with Gasteiger partial charge in [-0.05, 0) is 70.6 Å². The lowest BCUT2D eigenvalue weighted by Crippen LogP contribution is -2.65. The molecule has 96 heavy (non-hydrogen) atoms. The highest BCUT2D eigenvalue weighted by Crippen LogP contribution is 2.30. The van der Waals surface area contributed by atoms with Gasteiger partial charge in [-0.2, -0.15) is 0 Å². The maximum atomic E-state index is 13.4. The van der Waals surface area contributed by atoms with E-state index in [1.54, 1.807) is 6.08 Å². The van der Waals surface area contributed by atoms with Gasteiger partial charge in [0, 0.05) is 6.42 Å². The van der Waals surface area contributed by atoms with Crippen LogP contribution in [0, 0.1) is 0 Å². The van der Waals surface area contributed by atoms with Crippen LogP contribution in [0.4, 0.5) is 0 Å². The first kappa shape index (κ1) is 89.3. The smallest absolute Gasteiger partial charge is 0.220 e. The molecule has 2 rings (SSSR count). The average molecular weight is 1360 g/mol. The van der Waals surface area contributed by atoms with Gasteiger partial charge in [0.25, 0.3) is 0 Å². The first-order chi connectivity index (χ1) is 47.1. The molecule has 0 radical (unpaired) electrons. The van der Waals surface area contributed by atoms with E-state index in [2.05, 4.69) is 92.1 Å². The Morgan fingerprint density at radius 3 is 1.10 bits per heavy atom. The summed E-state index contributed by atoms with van der Waals surface area (Å²) < 4.78 is 22.9. The Kier molecular flexibility index (Phi) is 60.9. The molecule has 1 amide bonds. The Labute approximate surface area is 586 Å². The van der Waals surface area contributed by atoms with Gasteiger partial charge in [-0.25, -0.2) is 0 Å². The largest absolute Gasteiger partial charge is 0.394 e. The van der Waals surface area contributed by atoms with E-state index in [9.17, 15) is 45.6 Å². The van der Waals surface area contributed by atoms with Crippen molar-refractivity contribution >= 4 is 5.91 Å². The van der Waals surface area contributed by atoms with Gasteiger partial charge in [0.1, 0.15) is 48.8 Å². The SMILES string of the molecule is CC/C=C\C/C=C\C/C=C\C/C=C\C/C=C\C/C=C\CCCCCCCCCCCCCCC(=O)NC(COC1OC(CO)C(OC2OC(CO)C(O)C(O)C2O)C(O)C1O)C(O)/C=C/CCCCCCCCCCCCCCCCCCCCCCCCCCCCCCC. The lowest BCUT2D eigenvalue weighted by Gasteiger charge is -2.46. The van der Waals surface area contributed by atoms with E-state index >= 15 is 0 Å². The second kappa shape index (κ2) is 65.5. The summed E-state index contributed by atoms with van der Waals surface area (Å²) in [5.74, 6) is -0.240. The van der Waals surface area contributed by atoms with Crippen LogP contribution in [-0.2, 0) is 23.7 Å². The van der Waals surface area contributed by atoms with Gasteiger partial charge in [-0.15, -0.1) is 0 Å². The van der Waals surface area contributed by atoms with Crippen molar-refractivity contribution < 1.29 is 64.6 Å². The zero-order valence-electron chi connectivity index (χ0n) is 61.1. The Morgan fingerprint density at radius 2 is 0.719 bits per heavy atom. The lowest BCUT2D eigenvalue weighted by molar-refractivity contribution is -0.359. The molecule has 9 N–H and O–H groups in total. The Bertz CT molecular complexity index is 1940. The fourth-order valence-electron chi connectivity index (χ4n) is 12.8. The highest BCUT2D eigenvalue weighted by Gasteiger charge is 2.51. The topological polar surface area (TPSA) is 228 Å². The van der Waals surface area contributed by atoms with Crippen LogP contribution in [-0.4, -0.2) is 140 Å². The van der Waals surface area contributed by atoms with Crippen molar-refractivity contribution in [3.8, 4) is 0 Å². The van der Waals surface area contributed by atoms with E-state index in [0.29, 0.717) is 6.42 Å². The molecule has 2 aliphatic rings. The second-order valence-corrected chi connectivity index (χ2v) is 27.8. The molecule has 0 aromatic rings. The number of aliphatic hydroxyl groups excluding tert-OH is 8. The molecule has 0 bridgehead atoms. The van der Waals surface area contributed by atoms with E-state index < -0.39 is 86.8 Å². The summed E-state index contributed by atoms with van der Waals surface area (Å²) in [6.45, 7) is 2.73. The molecule has 0 aliphatic carbocycles. The van der Waals surface area contributed by atoms with Crippen LogP contribution in [0.5, 0.6) is 0 Å². The molecule has 2 heterocycles. The molecule has 558 valence electrons. The molecule has 12 atom stereocenters. The van der Waals surface area contributed by atoms with Gasteiger partial charge in [-0.3, -0.25) is 4.79 Å². The maximum absolute atomic E-state index is 13.4. The highest BCUT2D eigenvalue weighted by molar-refractivity contribution is 5.76. The predicted molar refractivity (Wildman–Crippen MR) is 396 cm³/mol. The summed E-state index contributed by atoms with van der Waals surface area (Å²) >= 11 is 0. The Balaban J connectivity index is 1.63. The molecular formula is C82H147NO13. The van der Waals surface area contributed by atoms with Gasteiger partial charge < -0.3 is 65.1 Å². The molecule has 2 saturated heterocycles. The van der Waals surface area contributed by atoms with Crippen LogP contribution in [0.15, 0.2) is 85.1 Å². The lowest BCUT2D eigenvalue weighted by atomic mass is 9.97. The van der Waals surface area contributed by atoms with E-state index in [1.807, 2.05) is 6.08 Å². The van der Waals surface area contributed by atoms with Crippen molar-refractivity contribution in [3.63, 3.8) is 0 Å². The number of rotatable bonds is 66. The third kappa shape index (κ3) is 48.1. The molecule has 0 aromatic heterocycles. The molecule has 2 aliphatic heterocycles. The fourth-order valence-corrected chi connectivity index (χ4v) is 12.8. The highest BCUT2D eigenvalue weighted by atomic mass is 16.7. The van der Waals surface area contributed by atoms with Crippen molar-refractivity contribution in [2.24, 2.45) is 0 Å². The number of unbranched alkanes of at least 4 members (excludes halogenated alkanes) is 41. The number of hydrogen-bond donors (Lipinski definition) is 9. The Morgan fingerprint density at radius 1 is 0.385 bits per heavy atom. The number of hydrogen-bond acceptors (Lipinski definition) is 13. The number of amides is 1. The number of carbonyl (C=O) groups is 1. The number of aliphatic hydroxyl groups is 8. The number of carbonyl (C=O) groups excluding carboxylic acids is 1. The van der Waals surface area contributed by atoms with Crippen LogP contribution in [0.25, 0.3) is 0 Å². The molecular weight excluding hydrogens is 1210 g/mol. The molecule has 14 nitrogen and oxygen atoms in total. The minimum atomic E-state index is -1.79. The molecule has 0 spiro atoms. The van der Waals surface area contributed by atoms with E-state index in [-0.39, 0.29) is 18.9 Å². The summed E-state index contributed by atoms with van der Waals surface area (Å²) in [4.78, 5) is 13.4. The number of allylic oxidation sites excluding steroid dienone is 13.